The van der Waals surface area contributed by atoms with Crippen LogP contribution in [0.15, 0.2) is 0 Å². The van der Waals surface area contributed by atoms with Gasteiger partial charge in [0.15, 0.2) is 0 Å². The number of likely N-dealkylation sites (tertiary alicyclic amines) is 1. The van der Waals surface area contributed by atoms with Gasteiger partial charge < -0.3 is 10.6 Å². The molecule has 1 aliphatic heterocycles. The zero-order chi connectivity index (χ0) is 10.7. The summed E-state index contributed by atoms with van der Waals surface area (Å²) < 4.78 is 0. The number of carbonyl (C=O) groups is 1. The molecule has 1 aliphatic rings. The molecular formula is C11H22N2O. The summed E-state index contributed by atoms with van der Waals surface area (Å²) in [6, 6.07) is 0.384. The minimum Gasteiger partial charge on any atom is -0.338 e. The number of hydrogen-bond donors (Lipinski definition) is 1. The SMILES string of the molecule is CC(C)CCN1C(=O)CCC(N)C1C. The largest absolute Gasteiger partial charge is 0.338 e. The molecule has 0 spiro atoms. The highest BCUT2D eigenvalue weighted by Crippen LogP contribution is 2.18. The Hall–Kier alpha value is -0.570. The average molecular weight is 198 g/mol. The second kappa shape index (κ2) is 4.78. The smallest absolute Gasteiger partial charge is 0.222 e. The van der Waals surface area contributed by atoms with Gasteiger partial charge in [0.25, 0.3) is 0 Å². The molecule has 0 aliphatic carbocycles. The van der Waals surface area contributed by atoms with Gasteiger partial charge in [0, 0.05) is 25.0 Å². The number of rotatable bonds is 3. The predicted molar refractivity (Wildman–Crippen MR) is 57.8 cm³/mol. The van der Waals surface area contributed by atoms with E-state index in [4.69, 9.17) is 5.73 Å². The van der Waals surface area contributed by atoms with E-state index in [2.05, 4.69) is 20.8 Å². The van der Waals surface area contributed by atoms with E-state index in [1.165, 1.54) is 0 Å². The fraction of sp³-hybridized carbons (Fsp3) is 0.909. The number of piperidine rings is 1. The molecule has 82 valence electrons. The molecule has 3 heteroatoms. The Morgan fingerprint density at radius 3 is 2.79 bits per heavy atom. The number of nitrogens with two attached hydrogens (primary N) is 1. The Labute approximate surface area is 86.6 Å². The highest BCUT2D eigenvalue weighted by molar-refractivity contribution is 5.77. The number of hydrogen-bond acceptors (Lipinski definition) is 2. The second-order valence-electron chi connectivity index (χ2n) is 4.71. The lowest BCUT2D eigenvalue weighted by molar-refractivity contribution is -0.136. The van der Waals surface area contributed by atoms with E-state index in [1.807, 2.05) is 4.90 Å². The number of carbonyl (C=O) groups excluding carboxylic acids is 1. The summed E-state index contributed by atoms with van der Waals surface area (Å²) in [5, 5.41) is 0. The van der Waals surface area contributed by atoms with Crippen LogP contribution >= 0.6 is 0 Å². The van der Waals surface area contributed by atoms with Crippen molar-refractivity contribution in [2.45, 2.75) is 52.1 Å². The lowest BCUT2D eigenvalue weighted by atomic mass is 9.97. The van der Waals surface area contributed by atoms with Crippen molar-refractivity contribution in [2.24, 2.45) is 11.7 Å². The predicted octanol–water partition coefficient (Wildman–Crippen LogP) is 1.37. The topological polar surface area (TPSA) is 46.3 Å². The molecule has 2 atom stereocenters. The van der Waals surface area contributed by atoms with Crippen LogP contribution in [0.4, 0.5) is 0 Å². The zero-order valence-electron chi connectivity index (χ0n) is 9.49. The average Bonchev–Trinajstić information content (AvgIpc) is 2.11. The maximum atomic E-state index is 11.6. The van der Waals surface area contributed by atoms with Gasteiger partial charge in [0.2, 0.25) is 5.91 Å². The molecule has 1 heterocycles. The first-order valence-electron chi connectivity index (χ1n) is 5.57. The fourth-order valence-corrected chi connectivity index (χ4v) is 1.86. The van der Waals surface area contributed by atoms with Crippen LogP contribution in [0.1, 0.15) is 40.0 Å². The maximum absolute atomic E-state index is 11.6. The van der Waals surface area contributed by atoms with Crippen molar-refractivity contribution in [1.29, 1.82) is 0 Å². The lowest BCUT2D eigenvalue weighted by Crippen LogP contribution is -2.53. The molecule has 14 heavy (non-hydrogen) atoms. The van der Waals surface area contributed by atoms with Crippen LogP contribution < -0.4 is 5.73 Å². The van der Waals surface area contributed by atoms with Gasteiger partial charge >= 0.3 is 0 Å². The molecule has 0 radical (unpaired) electrons. The van der Waals surface area contributed by atoms with E-state index in [-0.39, 0.29) is 18.0 Å². The van der Waals surface area contributed by atoms with E-state index in [9.17, 15) is 4.79 Å². The summed E-state index contributed by atoms with van der Waals surface area (Å²) in [5.74, 6) is 0.924. The quantitative estimate of drug-likeness (QED) is 0.744. The van der Waals surface area contributed by atoms with Crippen LogP contribution in [0, 0.1) is 5.92 Å². The van der Waals surface area contributed by atoms with Crippen LogP contribution in [-0.2, 0) is 4.79 Å². The minimum atomic E-state index is 0.167. The first-order chi connectivity index (χ1) is 6.52. The molecule has 2 N–H and O–H groups in total. The van der Waals surface area contributed by atoms with Gasteiger partial charge in [-0.15, -0.1) is 0 Å². The Kier molecular flexibility index (Phi) is 3.93. The highest BCUT2D eigenvalue weighted by Gasteiger charge is 2.29. The molecule has 1 rings (SSSR count). The molecule has 0 aromatic rings. The van der Waals surface area contributed by atoms with Crippen molar-refractivity contribution in [3.8, 4) is 0 Å². The summed E-state index contributed by atoms with van der Waals surface area (Å²) in [6.45, 7) is 7.28. The molecule has 0 saturated carbocycles. The monoisotopic (exact) mass is 198 g/mol. The molecule has 0 bridgehead atoms. The van der Waals surface area contributed by atoms with Gasteiger partial charge in [-0.05, 0) is 25.7 Å². The van der Waals surface area contributed by atoms with Crippen molar-refractivity contribution < 1.29 is 4.79 Å². The third-order valence-corrected chi connectivity index (χ3v) is 3.07. The Bertz CT molecular complexity index is 203. The van der Waals surface area contributed by atoms with E-state index >= 15 is 0 Å². The summed E-state index contributed by atoms with van der Waals surface area (Å²) >= 11 is 0. The fourth-order valence-electron chi connectivity index (χ4n) is 1.86. The molecule has 3 nitrogen and oxygen atoms in total. The number of amides is 1. The standard InChI is InChI=1S/C11H22N2O/c1-8(2)6-7-13-9(3)10(12)4-5-11(13)14/h8-10H,4-7,12H2,1-3H3. The van der Waals surface area contributed by atoms with Crippen LogP contribution in [0.3, 0.4) is 0 Å². The highest BCUT2D eigenvalue weighted by atomic mass is 16.2. The summed E-state index contributed by atoms with van der Waals surface area (Å²) in [6.07, 6.45) is 2.55. The minimum absolute atomic E-state index is 0.167. The number of nitrogens with zero attached hydrogens (tertiary/aromatic N) is 1. The van der Waals surface area contributed by atoms with Crippen molar-refractivity contribution in [3.05, 3.63) is 0 Å². The lowest BCUT2D eigenvalue weighted by Gasteiger charge is -2.37. The second-order valence-corrected chi connectivity index (χ2v) is 4.71. The third kappa shape index (κ3) is 2.71. The first kappa shape index (κ1) is 11.5. The summed E-state index contributed by atoms with van der Waals surface area (Å²) in [5.41, 5.74) is 5.94. The normalized spacial score (nSPS) is 28.6. The Morgan fingerprint density at radius 1 is 1.57 bits per heavy atom. The molecule has 1 saturated heterocycles. The molecule has 0 aromatic heterocycles. The Morgan fingerprint density at radius 2 is 2.21 bits per heavy atom. The summed E-state index contributed by atoms with van der Waals surface area (Å²) in [4.78, 5) is 13.6. The van der Waals surface area contributed by atoms with Crippen LogP contribution in [0.25, 0.3) is 0 Å². The van der Waals surface area contributed by atoms with Gasteiger partial charge in [0.05, 0.1) is 0 Å². The van der Waals surface area contributed by atoms with Gasteiger partial charge in [-0.1, -0.05) is 13.8 Å². The maximum Gasteiger partial charge on any atom is 0.222 e. The first-order valence-corrected chi connectivity index (χ1v) is 5.57. The van der Waals surface area contributed by atoms with E-state index in [0.717, 1.165) is 19.4 Å². The van der Waals surface area contributed by atoms with Crippen molar-refractivity contribution in [3.63, 3.8) is 0 Å². The van der Waals surface area contributed by atoms with Gasteiger partial charge in [-0.3, -0.25) is 4.79 Å². The van der Waals surface area contributed by atoms with Gasteiger partial charge in [-0.2, -0.15) is 0 Å². The van der Waals surface area contributed by atoms with Crippen molar-refractivity contribution in [2.75, 3.05) is 6.54 Å². The van der Waals surface area contributed by atoms with Crippen LogP contribution in [-0.4, -0.2) is 29.4 Å². The van der Waals surface area contributed by atoms with E-state index in [0.29, 0.717) is 12.3 Å². The Balaban J connectivity index is 2.50. The third-order valence-electron chi connectivity index (χ3n) is 3.07. The van der Waals surface area contributed by atoms with Crippen molar-refractivity contribution >= 4 is 5.91 Å². The van der Waals surface area contributed by atoms with Gasteiger partial charge in [-0.25, -0.2) is 0 Å². The summed E-state index contributed by atoms with van der Waals surface area (Å²) in [7, 11) is 0. The molecule has 1 fully saturated rings. The van der Waals surface area contributed by atoms with Crippen LogP contribution in [0.5, 0.6) is 0 Å². The molecule has 0 aromatic carbocycles. The van der Waals surface area contributed by atoms with E-state index < -0.39 is 0 Å². The van der Waals surface area contributed by atoms with Crippen molar-refractivity contribution in [1.82, 2.24) is 4.90 Å². The van der Waals surface area contributed by atoms with E-state index in [1.54, 1.807) is 0 Å². The van der Waals surface area contributed by atoms with Gasteiger partial charge in [0.1, 0.15) is 0 Å². The molecule has 1 amide bonds. The van der Waals surface area contributed by atoms with Crippen LogP contribution in [0.2, 0.25) is 0 Å². The molecular weight excluding hydrogens is 176 g/mol. The molecule has 2 unspecified atom stereocenters. The zero-order valence-corrected chi connectivity index (χ0v) is 9.49.